The molecule has 1 fully saturated rings. The van der Waals surface area contributed by atoms with Crippen molar-refractivity contribution in [3.63, 3.8) is 0 Å². The first-order chi connectivity index (χ1) is 12.7. The molecule has 1 aliphatic rings. The predicted molar refractivity (Wildman–Crippen MR) is 104 cm³/mol. The smallest absolute Gasteiger partial charge is 0.222 e. The largest absolute Gasteiger partial charge is 0.489 e. The van der Waals surface area contributed by atoms with Gasteiger partial charge in [0.2, 0.25) is 5.91 Å². The van der Waals surface area contributed by atoms with Crippen LogP contribution in [0.15, 0.2) is 48.5 Å². The fraction of sp³-hybridized carbons (Fsp3) is 0.381. The molecule has 0 radical (unpaired) electrons. The number of likely N-dealkylation sites (tertiary alicyclic amines) is 1. The molecular formula is C21H25ClN2O2. The number of nitrogens with one attached hydrogen (secondary N) is 1. The maximum absolute atomic E-state index is 11.5. The van der Waals surface area contributed by atoms with Gasteiger partial charge in [0.15, 0.2) is 0 Å². The molecule has 1 heterocycles. The molecule has 4 nitrogen and oxygen atoms in total. The molecule has 0 bridgehead atoms. The molecule has 0 saturated carbocycles. The highest BCUT2D eigenvalue weighted by Gasteiger charge is 2.18. The van der Waals surface area contributed by atoms with E-state index in [1.54, 1.807) is 0 Å². The number of ether oxygens (including phenoxy) is 1. The van der Waals surface area contributed by atoms with E-state index in [2.05, 4.69) is 17.4 Å². The van der Waals surface area contributed by atoms with Crippen molar-refractivity contribution in [3.05, 3.63) is 64.7 Å². The van der Waals surface area contributed by atoms with Crippen LogP contribution in [0.4, 0.5) is 0 Å². The molecule has 2 aromatic carbocycles. The van der Waals surface area contributed by atoms with E-state index in [1.807, 2.05) is 41.3 Å². The summed E-state index contributed by atoms with van der Waals surface area (Å²) in [6, 6.07) is 15.8. The highest BCUT2D eigenvalue weighted by Crippen LogP contribution is 2.19. The van der Waals surface area contributed by atoms with Crippen LogP contribution in [-0.2, 0) is 17.9 Å². The number of hydrogen-bond acceptors (Lipinski definition) is 3. The molecule has 5 heteroatoms. The SMILES string of the molecule is O=C1CCCN1CCCNCc1ccc(OCc2ccccc2Cl)cc1. The van der Waals surface area contributed by atoms with Crippen molar-refractivity contribution in [2.75, 3.05) is 19.6 Å². The molecule has 2 aromatic rings. The van der Waals surface area contributed by atoms with E-state index in [0.717, 1.165) is 61.8 Å². The first-order valence-corrected chi connectivity index (χ1v) is 9.54. The second kappa shape index (κ2) is 9.60. The minimum atomic E-state index is 0.303. The molecule has 1 saturated heterocycles. The van der Waals surface area contributed by atoms with E-state index in [-0.39, 0.29) is 0 Å². The van der Waals surface area contributed by atoms with E-state index in [4.69, 9.17) is 16.3 Å². The highest BCUT2D eigenvalue weighted by atomic mass is 35.5. The van der Waals surface area contributed by atoms with E-state index in [9.17, 15) is 4.79 Å². The number of nitrogens with zero attached hydrogens (tertiary/aromatic N) is 1. The molecule has 0 aliphatic carbocycles. The molecule has 0 aromatic heterocycles. The third-order valence-corrected chi connectivity index (χ3v) is 4.93. The number of carbonyl (C=O) groups excluding carboxylic acids is 1. The normalized spacial score (nSPS) is 14.0. The molecule has 0 unspecified atom stereocenters. The van der Waals surface area contributed by atoms with Gasteiger partial charge in [-0.25, -0.2) is 0 Å². The summed E-state index contributed by atoms with van der Waals surface area (Å²) in [5, 5.41) is 4.15. The van der Waals surface area contributed by atoms with Crippen molar-refractivity contribution in [3.8, 4) is 5.75 Å². The van der Waals surface area contributed by atoms with Crippen molar-refractivity contribution < 1.29 is 9.53 Å². The zero-order chi connectivity index (χ0) is 18.2. The van der Waals surface area contributed by atoms with Crippen LogP contribution in [0.25, 0.3) is 0 Å². The summed E-state index contributed by atoms with van der Waals surface area (Å²) in [5.41, 5.74) is 2.20. The van der Waals surface area contributed by atoms with Crippen LogP contribution in [0.5, 0.6) is 5.75 Å². The third kappa shape index (κ3) is 5.48. The number of amides is 1. The second-order valence-corrected chi connectivity index (χ2v) is 6.95. The van der Waals surface area contributed by atoms with E-state index < -0.39 is 0 Å². The van der Waals surface area contributed by atoms with Crippen LogP contribution < -0.4 is 10.1 Å². The summed E-state index contributed by atoms with van der Waals surface area (Å²) in [4.78, 5) is 13.5. The van der Waals surface area contributed by atoms with Crippen molar-refractivity contribution in [1.82, 2.24) is 10.2 Å². The number of benzene rings is 2. The standard InChI is InChI=1S/C21H25ClN2O2/c22-20-6-2-1-5-18(20)16-26-19-10-8-17(9-11-19)15-23-12-4-14-24-13-3-7-21(24)25/h1-2,5-6,8-11,23H,3-4,7,12-16H2. The molecule has 1 amide bonds. The van der Waals surface area contributed by atoms with Gasteiger partial charge in [-0.05, 0) is 43.1 Å². The number of hydrogen-bond donors (Lipinski definition) is 1. The van der Waals surface area contributed by atoms with Gasteiger partial charge < -0.3 is 15.0 Å². The number of carbonyl (C=O) groups is 1. The maximum atomic E-state index is 11.5. The van der Waals surface area contributed by atoms with Crippen LogP contribution in [0.2, 0.25) is 5.02 Å². The Morgan fingerprint density at radius 3 is 2.65 bits per heavy atom. The zero-order valence-electron chi connectivity index (χ0n) is 14.9. The van der Waals surface area contributed by atoms with Crippen LogP contribution in [0, 0.1) is 0 Å². The summed E-state index contributed by atoms with van der Waals surface area (Å²) in [6.45, 7) is 3.98. The Morgan fingerprint density at radius 2 is 1.92 bits per heavy atom. The number of rotatable bonds is 9. The molecule has 1 aliphatic heterocycles. The van der Waals surface area contributed by atoms with Crippen LogP contribution in [0.3, 0.4) is 0 Å². The van der Waals surface area contributed by atoms with Gasteiger partial charge in [0, 0.05) is 36.6 Å². The lowest BCUT2D eigenvalue weighted by molar-refractivity contribution is -0.127. The van der Waals surface area contributed by atoms with Crippen LogP contribution in [-0.4, -0.2) is 30.4 Å². The fourth-order valence-corrected chi connectivity index (χ4v) is 3.24. The van der Waals surface area contributed by atoms with Crippen molar-refractivity contribution in [1.29, 1.82) is 0 Å². The monoisotopic (exact) mass is 372 g/mol. The minimum absolute atomic E-state index is 0.303. The Labute approximate surface area is 160 Å². The Kier molecular flexibility index (Phi) is 6.92. The minimum Gasteiger partial charge on any atom is -0.489 e. The van der Waals surface area contributed by atoms with Gasteiger partial charge in [0.1, 0.15) is 12.4 Å². The van der Waals surface area contributed by atoms with Gasteiger partial charge >= 0.3 is 0 Å². The molecule has 26 heavy (non-hydrogen) atoms. The quantitative estimate of drug-likeness (QED) is 0.676. The maximum Gasteiger partial charge on any atom is 0.222 e. The molecule has 0 atom stereocenters. The molecule has 0 spiro atoms. The highest BCUT2D eigenvalue weighted by molar-refractivity contribution is 6.31. The second-order valence-electron chi connectivity index (χ2n) is 6.54. The topological polar surface area (TPSA) is 41.6 Å². The van der Waals surface area contributed by atoms with Crippen molar-refractivity contribution >= 4 is 17.5 Å². The Balaban J connectivity index is 1.35. The summed E-state index contributed by atoms with van der Waals surface area (Å²) in [5.74, 6) is 1.14. The summed E-state index contributed by atoms with van der Waals surface area (Å²) in [6.07, 6.45) is 2.72. The lowest BCUT2D eigenvalue weighted by Gasteiger charge is -2.15. The molecule has 1 N–H and O–H groups in total. The zero-order valence-corrected chi connectivity index (χ0v) is 15.7. The Bertz CT molecular complexity index is 718. The first-order valence-electron chi connectivity index (χ1n) is 9.16. The molecule has 138 valence electrons. The third-order valence-electron chi connectivity index (χ3n) is 4.56. The van der Waals surface area contributed by atoms with Crippen LogP contribution in [0.1, 0.15) is 30.4 Å². The first kappa shape index (κ1) is 18.7. The average molecular weight is 373 g/mol. The lowest BCUT2D eigenvalue weighted by atomic mass is 10.2. The van der Waals surface area contributed by atoms with Gasteiger partial charge in [0.05, 0.1) is 0 Å². The average Bonchev–Trinajstić information content (AvgIpc) is 3.07. The summed E-state index contributed by atoms with van der Waals surface area (Å²) in [7, 11) is 0. The summed E-state index contributed by atoms with van der Waals surface area (Å²) < 4.78 is 5.80. The number of halogens is 1. The van der Waals surface area contributed by atoms with Crippen LogP contribution >= 0.6 is 11.6 Å². The lowest BCUT2D eigenvalue weighted by Crippen LogP contribution is -2.28. The molecular weight excluding hydrogens is 348 g/mol. The van der Waals surface area contributed by atoms with Gasteiger partial charge in [-0.2, -0.15) is 0 Å². The Hall–Kier alpha value is -2.04. The fourth-order valence-electron chi connectivity index (χ4n) is 3.05. The Morgan fingerprint density at radius 1 is 1.12 bits per heavy atom. The van der Waals surface area contributed by atoms with Gasteiger partial charge in [-0.1, -0.05) is 41.9 Å². The van der Waals surface area contributed by atoms with Gasteiger partial charge in [-0.3, -0.25) is 4.79 Å². The molecule has 3 rings (SSSR count). The van der Waals surface area contributed by atoms with E-state index in [1.165, 1.54) is 5.56 Å². The van der Waals surface area contributed by atoms with Gasteiger partial charge in [-0.15, -0.1) is 0 Å². The van der Waals surface area contributed by atoms with E-state index in [0.29, 0.717) is 12.5 Å². The van der Waals surface area contributed by atoms with Crippen molar-refractivity contribution in [2.24, 2.45) is 0 Å². The predicted octanol–water partition coefficient (Wildman–Crippen LogP) is 4.02. The summed E-state index contributed by atoms with van der Waals surface area (Å²) >= 11 is 6.14. The van der Waals surface area contributed by atoms with E-state index >= 15 is 0 Å². The van der Waals surface area contributed by atoms with Crippen molar-refractivity contribution in [2.45, 2.75) is 32.4 Å². The van der Waals surface area contributed by atoms with Gasteiger partial charge in [0.25, 0.3) is 0 Å².